The van der Waals surface area contributed by atoms with Crippen molar-refractivity contribution in [2.45, 2.75) is 52.0 Å². The second-order valence-electron chi connectivity index (χ2n) is 6.58. The summed E-state index contributed by atoms with van der Waals surface area (Å²) in [6, 6.07) is 10.6. The highest BCUT2D eigenvalue weighted by Gasteiger charge is 2.15. The molecule has 1 saturated heterocycles. The number of carbonyl (C=O) groups is 1. The van der Waals surface area contributed by atoms with E-state index in [9.17, 15) is 4.79 Å². The van der Waals surface area contributed by atoms with Crippen LogP contribution in [0.2, 0.25) is 0 Å². The van der Waals surface area contributed by atoms with Crippen molar-refractivity contribution in [3.8, 4) is 0 Å². The summed E-state index contributed by atoms with van der Waals surface area (Å²) in [6.07, 6.45) is 4.96. The Morgan fingerprint density at radius 3 is 2.73 bits per heavy atom. The highest BCUT2D eigenvalue weighted by molar-refractivity contribution is 14.0. The van der Waals surface area contributed by atoms with E-state index >= 15 is 0 Å². The molecule has 2 N–H and O–H groups in total. The monoisotopic (exact) mass is 472 g/mol. The zero-order valence-corrected chi connectivity index (χ0v) is 18.4. The van der Waals surface area contributed by atoms with Gasteiger partial charge in [-0.25, -0.2) is 0 Å². The summed E-state index contributed by atoms with van der Waals surface area (Å²) in [7, 11) is 0. The van der Waals surface area contributed by atoms with Crippen LogP contribution in [0.1, 0.15) is 57.6 Å². The van der Waals surface area contributed by atoms with E-state index in [1.54, 1.807) is 0 Å². The first kappa shape index (κ1) is 22.7. The molecule has 26 heavy (non-hydrogen) atoms. The van der Waals surface area contributed by atoms with Gasteiger partial charge in [0.2, 0.25) is 5.91 Å². The maximum Gasteiger partial charge on any atom is 0.222 e. The van der Waals surface area contributed by atoms with E-state index in [2.05, 4.69) is 53.7 Å². The molecule has 1 aliphatic rings. The topological polar surface area (TPSA) is 56.7 Å². The van der Waals surface area contributed by atoms with Crippen LogP contribution in [0, 0.1) is 0 Å². The lowest BCUT2D eigenvalue weighted by atomic mass is 10.1. The maximum atomic E-state index is 12.0. The lowest BCUT2D eigenvalue weighted by Gasteiger charge is -2.20. The fourth-order valence-electron chi connectivity index (χ4n) is 3.08. The Morgan fingerprint density at radius 1 is 1.23 bits per heavy atom. The molecule has 0 saturated carbocycles. The van der Waals surface area contributed by atoms with E-state index in [-0.39, 0.29) is 30.0 Å². The molecule has 146 valence electrons. The molecule has 5 nitrogen and oxygen atoms in total. The van der Waals surface area contributed by atoms with Crippen LogP contribution in [-0.4, -0.2) is 42.9 Å². The van der Waals surface area contributed by atoms with Crippen molar-refractivity contribution in [2.75, 3.05) is 26.2 Å². The number of amides is 1. The number of nitrogens with one attached hydrogen (secondary N) is 2. The smallest absolute Gasteiger partial charge is 0.222 e. The Bertz CT molecular complexity index is 550. The summed E-state index contributed by atoms with van der Waals surface area (Å²) >= 11 is 0. The number of rotatable bonds is 7. The van der Waals surface area contributed by atoms with E-state index in [0.717, 1.165) is 51.4 Å². The zero-order valence-electron chi connectivity index (χ0n) is 16.0. The standard InChI is InChI=1S/C20H32N4O.HI/c1-3-21-20(23-17(2)18-11-6-4-7-12-18)22-14-10-16-24-15-9-5-8-13-19(24)25;/h4,6-7,11-12,17H,3,5,8-10,13-16H2,1-2H3,(H2,21,22,23);1H. The van der Waals surface area contributed by atoms with Crippen LogP contribution in [0.15, 0.2) is 35.3 Å². The van der Waals surface area contributed by atoms with Gasteiger partial charge in [-0.2, -0.15) is 0 Å². The SMILES string of the molecule is CCNC(=NCCCN1CCCCCC1=O)NC(C)c1ccccc1.I. The van der Waals surface area contributed by atoms with Gasteiger partial charge < -0.3 is 15.5 Å². The lowest BCUT2D eigenvalue weighted by Crippen LogP contribution is -2.39. The van der Waals surface area contributed by atoms with Gasteiger partial charge in [-0.1, -0.05) is 36.8 Å². The van der Waals surface area contributed by atoms with Crippen LogP contribution in [0.5, 0.6) is 0 Å². The van der Waals surface area contributed by atoms with Crippen molar-refractivity contribution >= 4 is 35.8 Å². The van der Waals surface area contributed by atoms with Gasteiger partial charge in [0.05, 0.1) is 6.04 Å². The Balaban J connectivity index is 0.00000338. The van der Waals surface area contributed by atoms with Crippen LogP contribution in [0.25, 0.3) is 0 Å². The van der Waals surface area contributed by atoms with Crippen molar-refractivity contribution < 1.29 is 4.79 Å². The highest BCUT2D eigenvalue weighted by atomic mass is 127. The predicted molar refractivity (Wildman–Crippen MR) is 119 cm³/mol. The minimum absolute atomic E-state index is 0. The number of likely N-dealkylation sites (tertiary alicyclic amines) is 1. The summed E-state index contributed by atoms with van der Waals surface area (Å²) in [5, 5.41) is 6.75. The van der Waals surface area contributed by atoms with Gasteiger partial charge in [-0.3, -0.25) is 9.79 Å². The molecule has 0 radical (unpaired) electrons. The average Bonchev–Trinajstić information content (AvgIpc) is 2.84. The molecule has 1 heterocycles. The number of hydrogen-bond acceptors (Lipinski definition) is 2. The molecule has 0 bridgehead atoms. The maximum absolute atomic E-state index is 12.0. The van der Waals surface area contributed by atoms with E-state index < -0.39 is 0 Å². The molecule has 1 amide bonds. The van der Waals surface area contributed by atoms with Gasteiger partial charge in [0.25, 0.3) is 0 Å². The number of aliphatic imine (C=N–C) groups is 1. The zero-order chi connectivity index (χ0) is 17.9. The molecule has 1 unspecified atom stereocenters. The molecule has 6 heteroatoms. The van der Waals surface area contributed by atoms with Crippen LogP contribution in [0.4, 0.5) is 0 Å². The van der Waals surface area contributed by atoms with Gasteiger partial charge in [-0.05, 0) is 38.7 Å². The molecule has 1 aromatic rings. The highest BCUT2D eigenvalue weighted by Crippen LogP contribution is 2.12. The van der Waals surface area contributed by atoms with E-state index in [0.29, 0.717) is 12.3 Å². The number of nitrogens with zero attached hydrogens (tertiary/aromatic N) is 2. The lowest BCUT2D eigenvalue weighted by molar-refractivity contribution is -0.130. The summed E-state index contributed by atoms with van der Waals surface area (Å²) < 4.78 is 0. The summed E-state index contributed by atoms with van der Waals surface area (Å²) in [4.78, 5) is 18.7. The Labute approximate surface area is 175 Å². The first-order chi connectivity index (χ1) is 12.2. The quantitative estimate of drug-likeness (QED) is 0.275. The molecule has 1 atom stereocenters. The molecule has 0 aliphatic carbocycles. The number of carbonyl (C=O) groups excluding carboxylic acids is 1. The predicted octanol–water partition coefficient (Wildman–Crippen LogP) is 3.71. The van der Waals surface area contributed by atoms with Gasteiger partial charge >= 0.3 is 0 Å². The summed E-state index contributed by atoms with van der Waals surface area (Å²) in [5.74, 6) is 1.14. The Kier molecular flexibility index (Phi) is 11.3. The molecule has 1 aromatic carbocycles. The minimum Gasteiger partial charge on any atom is -0.357 e. The molecular weight excluding hydrogens is 439 g/mol. The van der Waals surface area contributed by atoms with E-state index in [4.69, 9.17) is 0 Å². The van der Waals surface area contributed by atoms with Gasteiger partial charge in [-0.15, -0.1) is 24.0 Å². The van der Waals surface area contributed by atoms with Crippen molar-refractivity contribution in [3.05, 3.63) is 35.9 Å². The van der Waals surface area contributed by atoms with Gasteiger partial charge in [0, 0.05) is 32.6 Å². The van der Waals surface area contributed by atoms with Crippen LogP contribution >= 0.6 is 24.0 Å². The average molecular weight is 472 g/mol. The number of benzene rings is 1. The molecular formula is C20H33IN4O. The van der Waals surface area contributed by atoms with Crippen LogP contribution < -0.4 is 10.6 Å². The molecule has 0 aromatic heterocycles. The fraction of sp³-hybridized carbons (Fsp3) is 0.600. The normalized spacial score (nSPS) is 16.5. The first-order valence-corrected chi connectivity index (χ1v) is 9.58. The molecule has 1 fully saturated rings. The largest absolute Gasteiger partial charge is 0.357 e. The van der Waals surface area contributed by atoms with Gasteiger partial charge in [0.15, 0.2) is 5.96 Å². The summed E-state index contributed by atoms with van der Waals surface area (Å²) in [6.45, 7) is 7.48. The van der Waals surface area contributed by atoms with Gasteiger partial charge in [0.1, 0.15) is 0 Å². The van der Waals surface area contributed by atoms with E-state index in [1.807, 2.05) is 11.0 Å². The fourth-order valence-corrected chi connectivity index (χ4v) is 3.08. The van der Waals surface area contributed by atoms with Crippen molar-refractivity contribution in [1.29, 1.82) is 0 Å². The van der Waals surface area contributed by atoms with E-state index in [1.165, 1.54) is 12.0 Å². The third-order valence-electron chi connectivity index (χ3n) is 4.52. The second kappa shape index (κ2) is 12.9. The van der Waals surface area contributed by atoms with Crippen molar-refractivity contribution in [2.24, 2.45) is 4.99 Å². The Hall–Kier alpha value is -1.31. The Morgan fingerprint density at radius 2 is 2.00 bits per heavy atom. The number of halogens is 1. The van der Waals surface area contributed by atoms with Crippen LogP contribution in [0.3, 0.4) is 0 Å². The van der Waals surface area contributed by atoms with Crippen molar-refractivity contribution in [3.63, 3.8) is 0 Å². The minimum atomic E-state index is 0. The third-order valence-corrected chi connectivity index (χ3v) is 4.52. The molecule has 0 spiro atoms. The number of guanidine groups is 1. The summed E-state index contributed by atoms with van der Waals surface area (Å²) in [5.41, 5.74) is 1.24. The van der Waals surface area contributed by atoms with Crippen LogP contribution in [-0.2, 0) is 4.79 Å². The van der Waals surface area contributed by atoms with Crippen molar-refractivity contribution in [1.82, 2.24) is 15.5 Å². The molecule has 2 rings (SSSR count). The second-order valence-corrected chi connectivity index (χ2v) is 6.58. The first-order valence-electron chi connectivity index (χ1n) is 9.58. The number of hydrogen-bond donors (Lipinski definition) is 2. The molecule has 1 aliphatic heterocycles. The third kappa shape index (κ3) is 7.93.